The SMILES string of the molecule is c1cc2c(cc1[C]1COCCO1)OCO2. The third-order valence-corrected chi connectivity index (χ3v) is 2.43. The molecule has 2 heterocycles. The second-order valence-corrected chi connectivity index (χ2v) is 3.39. The zero-order chi connectivity index (χ0) is 10.1. The molecule has 4 nitrogen and oxygen atoms in total. The molecule has 0 spiro atoms. The fourth-order valence-electron chi connectivity index (χ4n) is 1.67. The van der Waals surface area contributed by atoms with Crippen LogP contribution in [-0.2, 0) is 9.47 Å². The first-order valence-corrected chi connectivity index (χ1v) is 4.90. The maximum atomic E-state index is 5.52. The summed E-state index contributed by atoms with van der Waals surface area (Å²) in [7, 11) is 0. The Bertz CT molecular complexity index is 358. The van der Waals surface area contributed by atoms with Crippen molar-refractivity contribution in [3.8, 4) is 11.5 Å². The summed E-state index contributed by atoms with van der Waals surface area (Å²) in [5.74, 6) is 1.56. The molecule has 1 aromatic rings. The highest BCUT2D eigenvalue weighted by atomic mass is 16.7. The Morgan fingerprint density at radius 2 is 1.87 bits per heavy atom. The first kappa shape index (κ1) is 9.00. The molecule has 1 radical (unpaired) electrons. The van der Waals surface area contributed by atoms with Gasteiger partial charge in [0.2, 0.25) is 6.79 Å². The van der Waals surface area contributed by atoms with Crippen LogP contribution in [0.25, 0.3) is 0 Å². The lowest BCUT2D eigenvalue weighted by atomic mass is 10.1. The molecule has 0 aliphatic carbocycles. The van der Waals surface area contributed by atoms with Crippen LogP contribution < -0.4 is 9.47 Å². The van der Waals surface area contributed by atoms with Crippen LogP contribution in [0.2, 0.25) is 0 Å². The largest absolute Gasteiger partial charge is 0.454 e. The number of ether oxygens (including phenoxy) is 4. The summed E-state index contributed by atoms with van der Waals surface area (Å²) in [5.41, 5.74) is 0.999. The zero-order valence-electron chi connectivity index (χ0n) is 8.19. The van der Waals surface area contributed by atoms with Crippen LogP contribution in [0.1, 0.15) is 5.56 Å². The monoisotopic (exact) mass is 207 g/mol. The van der Waals surface area contributed by atoms with Gasteiger partial charge in [-0.25, -0.2) is 0 Å². The van der Waals surface area contributed by atoms with Gasteiger partial charge in [0.25, 0.3) is 0 Å². The Morgan fingerprint density at radius 1 is 0.933 bits per heavy atom. The third-order valence-electron chi connectivity index (χ3n) is 2.43. The number of fused-ring (bicyclic) bond motifs is 1. The van der Waals surface area contributed by atoms with Crippen LogP contribution >= 0.6 is 0 Å². The van der Waals surface area contributed by atoms with Gasteiger partial charge in [0.05, 0.1) is 19.8 Å². The molecule has 1 saturated heterocycles. The Balaban J connectivity index is 1.85. The summed E-state index contributed by atoms with van der Waals surface area (Å²) in [6.45, 7) is 2.10. The first-order valence-electron chi connectivity index (χ1n) is 4.90. The second kappa shape index (κ2) is 3.72. The van der Waals surface area contributed by atoms with Crippen molar-refractivity contribution in [3.63, 3.8) is 0 Å². The molecule has 15 heavy (non-hydrogen) atoms. The minimum atomic E-state index is 0.297. The van der Waals surface area contributed by atoms with E-state index in [0.29, 0.717) is 26.6 Å². The van der Waals surface area contributed by atoms with Gasteiger partial charge in [0.1, 0.15) is 0 Å². The predicted octanol–water partition coefficient (Wildman–Crippen LogP) is 1.34. The topological polar surface area (TPSA) is 36.9 Å². The van der Waals surface area contributed by atoms with Crippen LogP contribution in [0.5, 0.6) is 11.5 Å². The molecular formula is C11H11O4. The lowest BCUT2D eigenvalue weighted by Crippen LogP contribution is -2.22. The number of hydrogen-bond donors (Lipinski definition) is 0. The van der Waals surface area contributed by atoms with Crippen molar-refractivity contribution >= 4 is 0 Å². The lowest BCUT2D eigenvalue weighted by molar-refractivity contribution is -0.0182. The van der Waals surface area contributed by atoms with Crippen LogP contribution in [0.3, 0.4) is 0 Å². The van der Waals surface area contributed by atoms with Gasteiger partial charge in [-0.05, 0) is 17.7 Å². The summed E-state index contributed by atoms with van der Waals surface area (Å²) < 4.78 is 21.4. The highest BCUT2D eigenvalue weighted by Crippen LogP contribution is 2.35. The van der Waals surface area contributed by atoms with Crippen LogP contribution in [0.15, 0.2) is 18.2 Å². The molecule has 3 rings (SSSR count). The average Bonchev–Trinajstić information content (AvgIpc) is 2.77. The fourth-order valence-corrected chi connectivity index (χ4v) is 1.67. The maximum Gasteiger partial charge on any atom is 0.231 e. The molecule has 0 atom stereocenters. The minimum Gasteiger partial charge on any atom is -0.454 e. The van der Waals surface area contributed by atoms with E-state index in [4.69, 9.17) is 18.9 Å². The molecule has 0 saturated carbocycles. The molecule has 1 fully saturated rings. The van der Waals surface area contributed by atoms with E-state index in [2.05, 4.69) is 0 Å². The molecule has 0 amide bonds. The van der Waals surface area contributed by atoms with E-state index in [9.17, 15) is 0 Å². The van der Waals surface area contributed by atoms with Gasteiger partial charge < -0.3 is 18.9 Å². The Kier molecular flexibility index (Phi) is 2.23. The molecule has 0 unspecified atom stereocenters. The summed E-state index contributed by atoms with van der Waals surface area (Å²) in [5, 5.41) is 0. The molecule has 4 heteroatoms. The summed E-state index contributed by atoms with van der Waals surface area (Å²) >= 11 is 0. The fraction of sp³-hybridized carbons (Fsp3) is 0.364. The smallest absolute Gasteiger partial charge is 0.231 e. The van der Waals surface area contributed by atoms with Gasteiger partial charge >= 0.3 is 0 Å². The van der Waals surface area contributed by atoms with Crippen LogP contribution in [0, 0.1) is 6.10 Å². The van der Waals surface area contributed by atoms with E-state index in [-0.39, 0.29) is 0 Å². The van der Waals surface area contributed by atoms with Gasteiger partial charge in [-0.2, -0.15) is 0 Å². The van der Waals surface area contributed by atoms with Gasteiger partial charge in [0, 0.05) is 0 Å². The molecule has 2 aliphatic heterocycles. The van der Waals surface area contributed by atoms with Gasteiger partial charge in [0.15, 0.2) is 17.6 Å². The van der Waals surface area contributed by atoms with Crippen molar-refractivity contribution < 1.29 is 18.9 Å². The molecule has 0 aromatic heterocycles. The maximum absolute atomic E-state index is 5.52. The Hall–Kier alpha value is -1.26. The number of hydrogen-bond acceptors (Lipinski definition) is 4. The highest BCUT2D eigenvalue weighted by molar-refractivity contribution is 5.47. The Labute approximate surface area is 87.7 Å². The number of rotatable bonds is 1. The van der Waals surface area contributed by atoms with Gasteiger partial charge in [-0.1, -0.05) is 6.07 Å². The van der Waals surface area contributed by atoms with Crippen molar-refractivity contribution in [2.24, 2.45) is 0 Å². The quantitative estimate of drug-likeness (QED) is 0.696. The van der Waals surface area contributed by atoms with Gasteiger partial charge in [-0.15, -0.1) is 0 Å². The molecule has 79 valence electrons. The van der Waals surface area contributed by atoms with Crippen LogP contribution in [0.4, 0.5) is 0 Å². The van der Waals surface area contributed by atoms with Crippen molar-refractivity contribution in [2.75, 3.05) is 26.6 Å². The summed E-state index contributed by atoms with van der Waals surface area (Å²) in [6.07, 6.45) is 0.861. The van der Waals surface area contributed by atoms with Crippen molar-refractivity contribution in [3.05, 3.63) is 29.9 Å². The standard InChI is InChI=1S/C11H11O4/c1-2-9-10(15-7-14-9)5-8(1)11-6-12-3-4-13-11/h1-2,5H,3-4,6-7H2. The third kappa shape index (κ3) is 1.66. The van der Waals surface area contributed by atoms with E-state index in [1.165, 1.54) is 0 Å². The second-order valence-electron chi connectivity index (χ2n) is 3.39. The zero-order valence-corrected chi connectivity index (χ0v) is 8.19. The highest BCUT2D eigenvalue weighted by Gasteiger charge is 2.21. The first-order chi connectivity index (χ1) is 7.43. The van der Waals surface area contributed by atoms with E-state index < -0.39 is 0 Å². The van der Waals surface area contributed by atoms with Gasteiger partial charge in [-0.3, -0.25) is 0 Å². The van der Waals surface area contributed by atoms with Crippen molar-refractivity contribution in [1.29, 1.82) is 0 Å². The van der Waals surface area contributed by atoms with E-state index in [1.54, 1.807) is 0 Å². The molecule has 1 aromatic carbocycles. The molecule has 0 bridgehead atoms. The predicted molar refractivity (Wildman–Crippen MR) is 51.7 cm³/mol. The summed E-state index contributed by atoms with van der Waals surface area (Å²) in [4.78, 5) is 0. The van der Waals surface area contributed by atoms with E-state index >= 15 is 0 Å². The summed E-state index contributed by atoms with van der Waals surface area (Å²) in [6, 6.07) is 5.77. The Morgan fingerprint density at radius 3 is 2.73 bits per heavy atom. The van der Waals surface area contributed by atoms with E-state index in [1.807, 2.05) is 18.2 Å². The normalized spacial score (nSPS) is 20.5. The number of benzene rings is 1. The molecule has 0 N–H and O–H groups in total. The van der Waals surface area contributed by atoms with Crippen LogP contribution in [-0.4, -0.2) is 26.6 Å². The average molecular weight is 207 g/mol. The minimum absolute atomic E-state index is 0.297. The van der Waals surface area contributed by atoms with Crippen molar-refractivity contribution in [1.82, 2.24) is 0 Å². The molecule has 2 aliphatic rings. The molecular weight excluding hydrogens is 196 g/mol. The van der Waals surface area contributed by atoms with Crippen molar-refractivity contribution in [2.45, 2.75) is 0 Å². The lowest BCUT2D eigenvalue weighted by Gasteiger charge is -2.22. The van der Waals surface area contributed by atoms with E-state index in [0.717, 1.165) is 23.2 Å².